The molecule has 2 rings (SSSR count). The molecule has 0 spiro atoms. The van der Waals surface area contributed by atoms with Gasteiger partial charge in [0, 0.05) is 31.4 Å². The standard InChI is InChI=1S/C19H26N2O2/c1-15(2)11-21(13-18-6-4-5-9-20-18)12-16-7-8-19(23-3)17(10-16)14-22/h4-10,15,22H,11-14H2,1-3H3. The third kappa shape index (κ3) is 5.34. The Hall–Kier alpha value is -1.91. The Balaban J connectivity index is 2.13. The number of aromatic nitrogens is 1. The Kier molecular flexibility index (Phi) is 6.56. The lowest BCUT2D eigenvalue weighted by atomic mass is 10.1. The van der Waals surface area contributed by atoms with Crippen molar-refractivity contribution in [3.63, 3.8) is 0 Å². The zero-order valence-electron chi connectivity index (χ0n) is 14.2. The van der Waals surface area contributed by atoms with Crippen molar-refractivity contribution < 1.29 is 9.84 Å². The number of aliphatic hydroxyl groups excluding tert-OH is 1. The molecule has 0 atom stereocenters. The summed E-state index contributed by atoms with van der Waals surface area (Å²) in [4.78, 5) is 6.81. The minimum absolute atomic E-state index is 0.0125. The van der Waals surface area contributed by atoms with Gasteiger partial charge in [0.15, 0.2) is 0 Å². The van der Waals surface area contributed by atoms with Crippen LogP contribution in [-0.4, -0.2) is 28.6 Å². The molecule has 0 aliphatic heterocycles. The number of ether oxygens (including phenoxy) is 1. The number of rotatable bonds is 8. The summed E-state index contributed by atoms with van der Waals surface area (Å²) in [5, 5.41) is 9.49. The molecule has 2 aromatic rings. The van der Waals surface area contributed by atoms with Crippen LogP contribution in [-0.2, 0) is 19.7 Å². The van der Waals surface area contributed by atoms with E-state index in [4.69, 9.17) is 4.74 Å². The third-order valence-electron chi connectivity index (χ3n) is 3.66. The molecule has 0 fully saturated rings. The number of hydrogen-bond acceptors (Lipinski definition) is 4. The number of methoxy groups -OCH3 is 1. The molecule has 1 heterocycles. The number of hydrogen-bond donors (Lipinski definition) is 1. The number of benzene rings is 1. The van der Waals surface area contributed by atoms with Crippen LogP contribution in [0.3, 0.4) is 0 Å². The van der Waals surface area contributed by atoms with Gasteiger partial charge in [0.1, 0.15) is 5.75 Å². The number of nitrogens with zero attached hydrogens (tertiary/aromatic N) is 2. The zero-order valence-corrected chi connectivity index (χ0v) is 14.2. The van der Waals surface area contributed by atoms with Gasteiger partial charge in [-0.1, -0.05) is 26.0 Å². The average Bonchev–Trinajstić information content (AvgIpc) is 2.55. The first-order chi connectivity index (χ1) is 11.1. The van der Waals surface area contributed by atoms with E-state index in [1.54, 1.807) is 7.11 Å². The van der Waals surface area contributed by atoms with Crippen molar-refractivity contribution >= 4 is 0 Å². The van der Waals surface area contributed by atoms with Crippen molar-refractivity contribution in [2.75, 3.05) is 13.7 Å². The van der Waals surface area contributed by atoms with Gasteiger partial charge < -0.3 is 9.84 Å². The van der Waals surface area contributed by atoms with Crippen LogP contribution in [0.15, 0.2) is 42.6 Å². The van der Waals surface area contributed by atoms with Crippen LogP contribution in [0.1, 0.15) is 30.7 Å². The molecule has 1 aromatic carbocycles. The Morgan fingerprint density at radius 1 is 1.17 bits per heavy atom. The normalized spacial score (nSPS) is 11.2. The molecule has 0 unspecified atom stereocenters. The second kappa shape index (κ2) is 8.65. The second-order valence-corrected chi connectivity index (χ2v) is 6.19. The highest BCUT2D eigenvalue weighted by atomic mass is 16.5. The largest absolute Gasteiger partial charge is 0.496 e. The van der Waals surface area contributed by atoms with E-state index in [0.717, 1.165) is 36.6 Å². The van der Waals surface area contributed by atoms with Crippen LogP contribution >= 0.6 is 0 Å². The maximum Gasteiger partial charge on any atom is 0.124 e. The summed E-state index contributed by atoms with van der Waals surface area (Å²) in [5.41, 5.74) is 3.07. The van der Waals surface area contributed by atoms with Crippen LogP contribution in [0.2, 0.25) is 0 Å². The zero-order chi connectivity index (χ0) is 16.7. The monoisotopic (exact) mass is 314 g/mol. The van der Waals surface area contributed by atoms with E-state index < -0.39 is 0 Å². The Morgan fingerprint density at radius 3 is 2.61 bits per heavy atom. The molecule has 0 saturated carbocycles. The van der Waals surface area contributed by atoms with E-state index >= 15 is 0 Å². The Labute approximate surface area is 138 Å². The molecular weight excluding hydrogens is 288 g/mol. The molecule has 23 heavy (non-hydrogen) atoms. The lowest BCUT2D eigenvalue weighted by Gasteiger charge is -2.24. The predicted molar refractivity (Wildman–Crippen MR) is 92.1 cm³/mol. The molecule has 0 amide bonds. The number of pyridine rings is 1. The van der Waals surface area contributed by atoms with Gasteiger partial charge in [-0.3, -0.25) is 9.88 Å². The topological polar surface area (TPSA) is 45.6 Å². The molecular formula is C19H26N2O2. The van der Waals surface area contributed by atoms with E-state index in [-0.39, 0.29) is 6.61 Å². The van der Waals surface area contributed by atoms with Gasteiger partial charge in [-0.05, 0) is 35.7 Å². The molecule has 124 valence electrons. The van der Waals surface area contributed by atoms with E-state index in [9.17, 15) is 5.11 Å². The van der Waals surface area contributed by atoms with Gasteiger partial charge in [-0.25, -0.2) is 0 Å². The minimum Gasteiger partial charge on any atom is -0.496 e. The van der Waals surface area contributed by atoms with Gasteiger partial charge >= 0.3 is 0 Å². The lowest BCUT2D eigenvalue weighted by Crippen LogP contribution is -2.27. The summed E-state index contributed by atoms with van der Waals surface area (Å²) in [6.45, 7) is 7.07. The highest BCUT2D eigenvalue weighted by molar-refractivity contribution is 5.36. The summed E-state index contributed by atoms with van der Waals surface area (Å²) in [7, 11) is 1.63. The van der Waals surface area contributed by atoms with Crippen molar-refractivity contribution in [3.05, 3.63) is 59.4 Å². The summed E-state index contributed by atoms with van der Waals surface area (Å²) < 4.78 is 5.27. The van der Waals surface area contributed by atoms with Crippen molar-refractivity contribution in [1.29, 1.82) is 0 Å². The predicted octanol–water partition coefficient (Wildman–Crippen LogP) is 3.24. The van der Waals surface area contributed by atoms with Gasteiger partial charge in [-0.2, -0.15) is 0 Å². The third-order valence-corrected chi connectivity index (χ3v) is 3.66. The first-order valence-electron chi connectivity index (χ1n) is 8.01. The fraction of sp³-hybridized carbons (Fsp3) is 0.421. The Morgan fingerprint density at radius 2 is 2.00 bits per heavy atom. The maximum atomic E-state index is 9.49. The van der Waals surface area contributed by atoms with Crippen molar-refractivity contribution in [2.45, 2.75) is 33.5 Å². The van der Waals surface area contributed by atoms with Crippen molar-refractivity contribution in [3.8, 4) is 5.75 Å². The first-order valence-corrected chi connectivity index (χ1v) is 8.01. The quantitative estimate of drug-likeness (QED) is 0.812. The molecule has 1 N–H and O–H groups in total. The van der Waals surface area contributed by atoms with Crippen LogP contribution in [0.4, 0.5) is 0 Å². The Bertz CT molecular complexity index is 600. The summed E-state index contributed by atoms with van der Waals surface area (Å²) in [5.74, 6) is 1.31. The average molecular weight is 314 g/mol. The maximum absolute atomic E-state index is 9.49. The summed E-state index contributed by atoms with van der Waals surface area (Å²) >= 11 is 0. The molecule has 4 nitrogen and oxygen atoms in total. The number of aliphatic hydroxyl groups is 1. The molecule has 0 saturated heterocycles. The van der Waals surface area contributed by atoms with Gasteiger partial charge in [0.05, 0.1) is 19.4 Å². The van der Waals surface area contributed by atoms with E-state index in [2.05, 4.69) is 35.9 Å². The molecule has 0 bridgehead atoms. The van der Waals surface area contributed by atoms with Gasteiger partial charge in [0.25, 0.3) is 0 Å². The molecule has 4 heteroatoms. The lowest BCUT2D eigenvalue weighted by molar-refractivity contribution is 0.224. The van der Waals surface area contributed by atoms with E-state index in [1.165, 1.54) is 5.56 Å². The molecule has 0 aliphatic carbocycles. The second-order valence-electron chi connectivity index (χ2n) is 6.19. The minimum atomic E-state index is -0.0125. The van der Waals surface area contributed by atoms with Gasteiger partial charge in [0.2, 0.25) is 0 Å². The van der Waals surface area contributed by atoms with Crippen LogP contribution in [0.5, 0.6) is 5.75 Å². The summed E-state index contributed by atoms with van der Waals surface area (Å²) in [6, 6.07) is 12.0. The summed E-state index contributed by atoms with van der Waals surface area (Å²) in [6.07, 6.45) is 1.83. The molecule has 1 aromatic heterocycles. The highest BCUT2D eigenvalue weighted by Crippen LogP contribution is 2.21. The highest BCUT2D eigenvalue weighted by Gasteiger charge is 2.11. The van der Waals surface area contributed by atoms with Gasteiger partial charge in [-0.15, -0.1) is 0 Å². The van der Waals surface area contributed by atoms with Crippen LogP contribution in [0, 0.1) is 5.92 Å². The molecule has 0 radical (unpaired) electrons. The van der Waals surface area contributed by atoms with Crippen molar-refractivity contribution in [2.24, 2.45) is 5.92 Å². The van der Waals surface area contributed by atoms with Crippen LogP contribution in [0.25, 0.3) is 0 Å². The fourth-order valence-electron chi connectivity index (χ4n) is 2.73. The SMILES string of the molecule is COc1ccc(CN(Cc2ccccn2)CC(C)C)cc1CO. The van der Waals surface area contributed by atoms with Crippen LogP contribution < -0.4 is 4.74 Å². The fourth-order valence-corrected chi connectivity index (χ4v) is 2.73. The van der Waals surface area contributed by atoms with E-state index in [1.807, 2.05) is 30.5 Å². The first kappa shape index (κ1) is 17.4. The molecule has 0 aliphatic rings. The smallest absolute Gasteiger partial charge is 0.124 e. The van der Waals surface area contributed by atoms with E-state index in [0.29, 0.717) is 5.92 Å². The van der Waals surface area contributed by atoms with Crippen molar-refractivity contribution in [1.82, 2.24) is 9.88 Å².